The van der Waals surface area contributed by atoms with E-state index in [9.17, 15) is 0 Å². The van der Waals surface area contributed by atoms with Crippen molar-refractivity contribution in [1.29, 1.82) is 0 Å². The number of ether oxygens (including phenoxy) is 1. The Morgan fingerprint density at radius 2 is 1.13 bits per heavy atom. The van der Waals surface area contributed by atoms with Crippen LogP contribution in [0.5, 0.6) is 0 Å². The summed E-state index contributed by atoms with van der Waals surface area (Å²) in [7, 11) is 1.69. The summed E-state index contributed by atoms with van der Waals surface area (Å²) in [5.74, 6) is 0. The molecule has 3 nitrogen and oxygen atoms in total. The molecule has 4 aromatic rings. The minimum Gasteiger partial charge on any atom is -0.369 e. The Balaban J connectivity index is 1.81. The highest BCUT2D eigenvalue weighted by Gasteiger charge is 2.17. The predicted octanol–water partition coefficient (Wildman–Crippen LogP) is 4.52. The van der Waals surface area contributed by atoms with Crippen LogP contribution in [0.2, 0.25) is 0 Å². The third-order valence-electron chi connectivity index (χ3n) is 4.01. The number of hydrogen-bond acceptors (Lipinski definition) is 3. The average Bonchev–Trinajstić information content (AvgIpc) is 2.62. The number of para-hydroxylation sites is 2. The topological polar surface area (TPSA) is 35.0 Å². The lowest BCUT2D eigenvalue weighted by atomic mass is 10.1. The summed E-state index contributed by atoms with van der Waals surface area (Å²) in [5, 5.41) is 2.25. The highest BCUT2D eigenvalue weighted by Crippen LogP contribution is 2.26. The molecule has 0 atom stereocenters. The van der Waals surface area contributed by atoms with Crippen LogP contribution in [0.15, 0.2) is 72.8 Å². The number of nitrogens with zero attached hydrogens (tertiary/aromatic N) is 2. The zero-order valence-electron chi connectivity index (χ0n) is 12.8. The maximum Gasteiger partial charge on any atom is 0.141 e. The van der Waals surface area contributed by atoms with Crippen LogP contribution in [0, 0.1) is 0 Å². The minimum atomic E-state index is -0.274. The summed E-state index contributed by atoms with van der Waals surface area (Å²) in [6.45, 7) is 0. The van der Waals surface area contributed by atoms with Crippen LogP contribution in [-0.4, -0.2) is 17.1 Å². The molecule has 0 saturated carbocycles. The van der Waals surface area contributed by atoms with Crippen molar-refractivity contribution in [3.05, 3.63) is 84.2 Å². The van der Waals surface area contributed by atoms with Gasteiger partial charge in [-0.25, -0.2) is 9.97 Å². The average molecular weight is 300 g/mol. The summed E-state index contributed by atoms with van der Waals surface area (Å²) in [6.07, 6.45) is -0.274. The van der Waals surface area contributed by atoms with Crippen molar-refractivity contribution in [2.75, 3.05) is 7.11 Å². The third-order valence-corrected chi connectivity index (χ3v) is 4.01. The standard InChI is InChI=1S/C20H16N2O/c1-23-20(18-12-10-14-6-2-4-8-16(14)21-18)19-13-11-15-7-3-5-9-17(15)22-19/h2-13,20H,1H3. The van der Waals surface area contributed by atoms with Gasteiger partial charge in [0.15, 0.2) is 0 Å². The van der Waals surface area contributed by atoms with Crippen LogP contribution in [0.4, 0.5) is 0 Å². The molecule has 0 bridgehead atoms. The Hall–Kier alpha value is -2.78. The molecular weight excluding hydrogens is 284 g/mol. The van der Waals surface area contributed by atoms with E-state index in [2.05, 4.69) is 24.3 Å². The Labute approximate surface area is 134 Å². The van der Waals surface area contributed by atoms with Crippen LogP contribution in [0.1, 0.15) is 17.5 Å². The van der Waals surface area contributed by atoms with Crippen LogP contribution < -0.4 is 0 Å². The van der Waals surface area contributed by atoms with Gasteiger partial charge in [-0.1, -0.05) is 48.5 Å². The van der Waals surface area contributed by atoms with Crippen molar-refractivity contribution in [3.8, 4) is 0 Å². The molecule has 0 saturated heterocycles. The second-order valence-corrected chi connectivity index (χ2v) is 5.47. The van der Waals surface area contributed by atoms with Gasteiger partial charge in [0.25, 0.3) is 0 Å². The number of hydrogen-bond donors (Lipinski definition) is 0. The lowest BCUT2D eigenvalue weighted by molar-refractivity contribution is 0.130. The molecular formula is C20H16N2O. The molecule has 0 aliphatic heterocycles. The first kappa shape index (κ1) is 13.9. The molecule has 0 N–H and O–H groups in total. The molecule has 2 heterocycles. The van der Waals surface area contributed by atoms with Crippen LogP contribution in [-0.2, 0) is 4.74 Å². The van der Waals surface area contributed by atoms with Crippen molar-refractivity contribution in [3.63, 3.8) is 0 Å². The van der Waals surface area contributed by atoms with Gasteiger partial charge < -0.3 is 4.74 Å². The number of aromatic nitrogens is 2. The lowest BCUT2D eigenvalue weighted by Gasteiger charge is -2.15. The van der Waals surface area contributed by atoms with E-state index in [4.69, 9.17) is 14.7 Å². The molecule has 4 rings (SSSR count). The molecule has 2 aromatic carbocycles. The number of pyridine rings is 2. The van der Waals surface area contributed by atoms with Gasteiger partial charge in [0.05, 0.1) is 22.4 Å². The highest BCUT2D eigenvalue weighted by molar-refractivity contribution is 5.79. The van der Waals surface area contributed by atoms with Gasteiger partial charge >= 0.3 is 0 Å². The molecule has 0 radical (unpaired) electrons. The number of methoxy groups -OCH3 is 1. The van der Waals surface area contributed by atoms with Gasteiger partial charge in [-0.05, 0) is 24.3 Å². The smallest absolute Gasteiger partial charge is 0.141 e. The van der Waals surface area contributed by atoms with E-state index in [1.165, 1.54) is 0 Å². The highest BCUT2D eigenvalue weighted by atomic mass is 16.5. The van der Waals surface area contributed by atoms with Gasteiger partial charge in [0.1, 0.15) is 6.10 Å². The Kier molecular flexibility index (Phi) is 3.48. The largest absolute Gasteiger partial charge is 0.369 e. The molecule has 112 valence electrons. The second kappa shape index (κ2) is 5.78. The molecule has 0 amide bonds. The fourth-order valence-corrected chi connectivity index (χ4v) is 2.85. The predicted molar refractivity (Wildman–Crippen MR) is 92.3 cm³/mol. The van der Waals surface area contributed by atoms with Gasteiger partial charge in [-0.15, -0.1) is 0 Å². The van der Waals surface area contributed by atoms with Crippen molar-refractivity contribution in [2.24, 2.45) is 0 Å². The van der Waals surface area contributed by atoms with Gasteiger partial charge in [0.2, 0.25) is 0 Å². The molecule has 0 spiro atoms. The van der Waals surface area contributed by atoms with Crippen molar-refractivity contribution < 1.29 is 4.74 Å². The first-order valence-electron chi connectivity index (χ1n) is 7.59. The molecule has 0 fully saturated rings. The lowest BCUT2D eigenvalue weighted by Crippen LogP contribution is -2.08. The van der Waals surface area contributed by atoms with Crippen molar-refractivity contribution in [1.82, 2.24) is 9.97 Å². The summed E-state index contributed by atoms with van der Waals surface area (Å²) < 4.78 is 5.70. The van der Waals surface area contributed by atoms with Gasteiger partial charge in [0, 0.05) is 17.9 Å². The number of benzene rings is 2. The molecule has 0 unspecified atom stereocenters. The normalized spacial score (nSPS) is 11.4. The van der Waals surface area contributed by atoms with Gasteiger partial charge in [-0.2, -0.15) is 0 Å². The van der Waals surface area contributed by atoms with Crippen LogP contribution in [0.25, 0.3) is 21.8 Å². The minimum absolute atomic E-state index is 0.274. The van der Waals surface area contributed by atoms with E-state index in [1.54, 1.807) is 7.11 Å². The zero-order chi connectivity index (χ0) is 15.6. The second-order valence-electron chi connectivity index (χ2n) is 5.47. The zero-order valence-corrected chi connectivity index (χ0v) is 12.8. The van der Waals surface area contributed by atoms with Crippen LogP contribution >= 0.6 is 0 Å². The first-order chi connectivity index (χ1) is 11.3. The quantitative estimate of drug-likeness (QED) is 0.558. The maximum absolute atomic E-state index is 5.70. The van der Waals surface area contributed by atoms with Crippen molar-refractivity contribution >= 4 is 21.8 Å². The number of rotatable bonds is 3. The maximum atomic E-state index is 5.70. The first-order valence-corrected chi connectivity index (χ1v) is 7.59. The van der Waals surface area contributed by atoms with E-state index in [0.717, 1.165) is 33.2 Å². The molecule has 2 aromatic heterocycles. The Morgan fingerprint density at radius 1 is 0.652 bits per heavy atom. The van der Waals surface area contributed by atoms with Crippen molar-refractivity contribution in [2.45, 2.75) is 6.10 Å². The Bertz CT molecular complexity index is 902. The molecule has 0 aliphatic carbocycles. The molecule has 0 aliphatic rings. The van der Waals surface area contributed by atoms with Crippen LogP contribution in [0.3, 0.4) is 0 Å². The van der Waals surface area contributed by atoms with E-state index in [0.29, 0.717) is 0 Å². The van der Waals surface area contributed by atoms with E-state index in [1.807, 2.05) is 48.5 Å². The fourth-order valence-electron chi connectivity index (χ4n) is 2.85. The Morgan fingerprint density at radius 3 is 1.61 bits per heavy atom. The summed E-state index contributed by atoms with van der Waals surface area (Å²) in [4.78, 5) is 9.48. The van der Waals surface area contributed by atoms with E-state index < -0.39 is 0 Å². The summed E-state index contributed by atoms with van der Waals surface area (Å²) in [5.41, 5.74) is 3.67. The molecule has 23 heavy (non-hydrogen) atoms. The van der Waals surface area contributed by atoms with Gasteiger partial charge in [-0.3, -0.25) is 0 Å². The summed E-state index contributed by atoms with van der Waals surface area (Å²) in [6, 6.07) is 24.3. The van der Waals surface area contributed by atoms with E-state index in [-0.39, 0.29) is 6.10 Å². The number of fused-ring (bicyclic) bond motifs is 2. The monoisotopic (exact) mass is 300 g/mol. The fraction of sp³-hybridized carbons (Fsp3) is 0.100. The third kappa shape index (κ3) is 2.56. The SMILES string of the molecule is COC(c1ccc2ccccc2n1)c1ccc2ccccc2n1. The van der Waals surface area contributed by atoms with E-state index >= 15 is 0 Å². The molecule has 3 heteroatoms. The summed E-state index contributed by atoms with van der Waals surface area (Å²) >= 11 is 0.